The topological polar surface area (TPSA) is 52.3 Å². The fourth-order valence-corrected chi connectivity index (χ4v) is 2.75. The minimum atomic E-state index is -4.51. The minimum Gasteiger partial charge on any atom is -0.462 e. The third kappa shape index (κ3) is 3.02. The van der Waals surface area contributed by atoms with Gasteiger partial charge in [-0.05, 0) is 18.6 Å². The predicted octanol–water partition coefficient (Wildman–Crippen LogP) is 4.19. The molecule has 21 heavy (non-hydrogen) atoms. The molecule has 2 N–H and O–H groups in total. The number of esters is 1. The molecule has 7 heteroatoms. The number of hydrogen-bond donors (Lipinski definition) is 1. The van der Waals surface area contributed by atoms with Crippen LogP contribution in [0.2, 0.25) is 0 Å². The van der Waals surface area contributed by atoms with Gasteiger partial charge in [-0.25, -0.2) is 4.79 Å². The number of nitrogens with two attached hydrogens (primary N) is 1. The number of hydrogen-bond acceptors (Lipinski definition) is 4. The monoisotopic (exact) mass is 315 g/mol. The van der Waals surface area contributed by atoms with Crippen LogP contribution in [-0.4, -0.2) is 12.6 Å². The van der Waals surface area contributed by atoms with Gasteiger partial charge in [-0.3, -0.25) is 0 Å². The van der Waals surface area contributed by atoms with Crippen molar-refractivity contribution in [2.45, 2.75) is 13.1 Å². The van der Waals surface area contributed by atoms with Crippen LogP contribution in [0.5, 0.6) is 0 Å². The second kappa shape index (κ2) is 5.77. The number of rotatable bonds is 3. The molecule has 0 fully saturated rings. The molecule has 1 aromatic carbocycles. The molecule has 1 aromatic heterocycles. The number of carbonyl (C=O) groups excluding carboxylic acids is 1. The summed E-state index contributed by atoms with van der Waals surface area (Å²) in [6.07, 6.45) is -4.51. The van der Waals surface area contributed by atoms with Crippen molar-refractivity contribution in [3.05, 3.63) is 40.8 Å². The van der Waals surface area contributed by atoms with Gasteiger partial charge in [0, 0.05) is 10.9 Å². The molecule has 0 atom stereocenters. The quantitative estimate of drug-likeness (QED) is 0.864. The summed E-state index contributed by atoms with van der Waals surface area (Å²) in [6.45, 7) is 1.73. The summed E-state index contributed by atoms with van der Waals surface area (Å²) in [4.78, 5) is 11.9. The van der Waals surface area contributed by atoms with Gasteiger partial charge in [-0.1, -0.05) is 18.2 Å². The van der Waals surface area contributed by atoms with E-state index in [-0.39, 0.29) is 28.3 Å². The third-order valence-corrected chi connectivity index (χ3v) is 3.63. The van der Waals surface area contributed by atoms with Crippen molar-refractivity contribution < 1.29 is 22.7 Å². The van der Waals surface area contributed by atoms with E-state index >= 15 is 0 Å². The lowest BCUT2D eigenvalue weighted by Crippen LogP contribution is -2.10. The summed E-state index contributed by atoms with van der Waals surface area (Å²) in [5, 5.41) is 1.58. The number of halogens is 3. The summed E-state index contributed by atoms with van der Waals surface area (Å²) in [7, 11) is 0. The van der Waals surface area contributed by atoms with Gasteiger partial charge in [0.05, 0.1) is 12.2 Å². The molecule has 112 valence electrons. The van der Waals surface area contributed by atoms with Crippen LogP contribution in [0.3, 0.4) is 0 Å². The fourth-order valence-electron chi connectivity index (χ4n) is 1.95. The van der Waals surface area contributed by atoms with Gasteiger partial charge >= 0.3 is 12.1 Å². The molecule has 0 aliphatic carbocycles. The number of carbonyl (C=O) groups is 1. The summed E-state index contributed by atoms with van der Waals surface area (Å²) in [5.74, 6) is -0.719. The standard InChI is InChI=1S/C14H12F3NO2S/c1-2-20-13(19)11-9(7-21-12(11)18)8-5-3-4-6-10(8)14(15,16)17/h3-7H,2,18H2,1H3. The number of thiophene rings is 1. The Labute approximate surface area is 123 Å². The Morgan fingerprint density at radius 3 is 2.57 bits per heavy atom. The number of alkyl halides is 3. The van der Waals surface area contributed by atoms with Gasteiger partial charge in [0.15, 0.2) is 0 Å². The molecular weight excluding hydrogens is 303 g/mol. The number of nitrogen functional groups attached to an aromatic ring is 1. The van der Waals surface area contributed by atoms with Gasteiger partial charge in [-0.2, -0.15) is 13.2 Å². The second-order valence-corrected chi connectivity index (χ2v) is 5.06. The van der Waals surface area contributed by atoms with Crippen molar-refractivity contribution in [1.82, 2.24) is 0 Å². The molecule has 2 rings (SSSR count). The van der Waals surface area contributed by atoms with Crippen LogP contribution in [0.4, 0.5) is 18.2 Å². The highest BCUT2D eigenvalue weighted by molar-refractivity contribution is 7.15. The molecule has 0 bridgehead atoms. The van der Waals surface area contributed by atoms with E-state index in [9.17, 15) is 18.0 Å². The normalized spacial score (nSPS) is 11.4. The van der Waals surface area contributed by atoms with Crippen molar-refractivity contribution in [3.63, 3.8) is 0 Å². The van der Waals surface area contributed by atoms with Crippen molar-refractivity contribution in [2.75, 3.05) is 12.3 Å². The summed E-state index contributed by atoms with van der Waals surface area (Å²) in [6, 6.07) is 5.06. The lowest BCUT2D eigenvalue weighted by Gasteiger charge is -2.13. The molecule has 0 unspecified atom stereocenters. The molecule has 2 aromatic rings. The molecule has 0 spiro atoms. The van der Waals surface area contributed by atoms with Crippen LogP contribution in [0, 0.1) is 0 Å². The second-order valence-electron chi connectivity index (χ2n) is 4.15. The first-order valence-electron chi connectivity index (χ1n) is 6.07. The van der Waals surface area contributed by atoms with E-state index in [1.54, 1.807) is 6.92 Å². The molecule has 0 amide bonds. The summed E-state index contributed by atoms with van der Waals surface area (Å²) >= 11 is 1.01. The van der Waals surface area contributed by atoms with Crippen LogP contribution in [0.15, 0.2) is 29.6 Å². The lowest BCUT2D eigenvalue weighted by molar-refractivity contribution is -0.137. The predicted molar refractivity (Wildman–Crippen MR) is 75.1 cm³/mol. The Morgan fingerprint density at radius 1 is 1.29 bits per heavy atom. The average Bonchev–Trinajstić information content (AvgIpc) is 2.80. The maximum Gasteiger partial charge on any atom is 0.417 e. The van der Waals surface area contributed by atoms with Gasteiger partial charge in [0.1, 0.15) is 10.6 Å². The van der Waals surface area contributed by atoms with Crippen molar-refractivity contribution in [3.8, 4) is 11.1 Å². The zero-order valence-corrected chi connectivity index (χ0v) is 11.8. The molecule has 0 saturated heterocycles. The van der Waals surface area contributed by atoms with Gasteiger partial charge in [-0.15, -0.1) is 11.3 Å². The molecule has 0 aliphatic rings. The van der Waals surface area contributed by atoms with Crippen LogP contribution in [-0.2, 0) is 10.9 Å². The van der Waals surface area contributed by atoms with E-state index in [0.717, 1.165) is 17.4 Å². The van der Waals surface area contributed by atoms with E-state index in [1.807, 2.05) is 0 Å². The van der Waals surface area contributed by atoms with E-state index in [0.29, 0.717) is 0 Å². The fraction of sp³-hybridized carbons (Fsp3) is 0.214. The minimum absolute atomic E-state index is 0.0152. The highest BCUT2D eigenvalue weighted by Crippen LogP contribution is 2.41. The zero-order chi connectivity index (χ0) is 15.6. The number of benzene rings is 1. The third-order valence-electron chi connectivity index (χ3n) is 2.82. The zero-order valence-electron chi connectivity index (χ0n) is 11.0. The van der Waals surface area contributed by atoms with Crippen LogP contribution >= 0.6 is 11.3 Å². The maximum atomic E-state index is 13.1. The van der Waals surface area contributed by atoms with E-state index in [2.05, 4.69) is 0 Å². The molecule has 0 aliphatic heterocycles. The summed E-state index contributed by atoms with van der Waals surface area (Å²) < 4.78 is 44.1. The first kappa shape index (κ1) is 15.4. The smallest absolute Gasteiger partial charge is 0.417 e. The van der Waals surface area contributed by atoms with E-state index in [4.69, 9.17) is 10.5 Å². The van der Waals surface area contributed by atoms with Crippen molar-refractivity contribution in [1.29, 1.82) is 0 Å². The largest absolute Gasteiger partial charge is 0.462 e. The highest BCUT2D eigenvalue weighted by atomic mass is 32.1. The van der Waals surface area contributed by atoms with Crippen molar-refractivity contribution in [2.24, 2.45) is 0 Å². The average molecular weight is 315 g/mol. The lowest BCUT2D eigenvalue weighted by atomic mass is 9.98. The first-order chi connectivity index (χ1) is 9.86. The maximum absolute atomic E-state index is 13.1. The SMILES string of the molecule is CCOC(=O)c1c(-c2ccccc2C(F)(F)F)csc1N. The number of ether oxygens (including phenoxy) is 1. The summed E-state index contributed by atoms with van der Waals surface area (Å²) in [5.41, 5.74) is 4.94. The van der Waals surface area contributed by atoms with Gasteiger partial charge in [0.2, 0.25) is 0 Å². The molecule has 0 radical (unpaired) electrons. The molecule has 1 heterocycles. The van der Waals surface area contributed by atoms with Crippen LogP contribution in [0.1, 0.15) is 22.8 Å². The Kier molecular flexibility index (Phi) is 4.22. The van der Waals surface area contributed by atoms with Gasteiger partial charge < -0.3 is 10.5 Å². The Balaban J connectivity index is 2.62. The van der Waals surface area contributed by atoms with E-state index < -0.39 is 17.7 Å². The van der Waals surface area contributed by atoms with Crippen LogP contribution in [0.25, 0.3) is 11.1 Å². The Hall–Kier alpha value is -2.02. The molecule has 3 nitrogen and oxygen atoms in total. The van der Waals surface area contributed by atoms with Gasteiger partial charge in [0.25, 0.3) is 0 Å². The van der Waals surface area contributed by atoms with E-state index in [1.165, 1.54) is 23.6 Å². The molecular formula is C14H12F3NO2S. The first-order valence-corrected chi connectivity index (χ1v) is 6.95. The van der Waals surface area contributed by atoms with Crippen molar-refractivity contribution >= 4 is 22.3 Å². The Morgan fingerprint density at radius 2 is 1.95 bits per heavy atom. The highest BCUT2D eigenvalue weighted by Gasteiger charge is 2.34. The van der Waals surface area contributed by atoms with Crippen LogP contribution < -0.4 is 5.73 Å². The number of anilines is 1. The Bertz CT molecular complexity index is 664. The molecule has 0 saturated carbocycles.